The van der Waals surface area contributed by atoms with Crippen LogP contribution in [0.1, 0.15) is 31.7 Å². The van der Waals surface area contributed by atoms with E-state index in [4.69, 9.17) is 4.74 Å². The minimum Gasteiger partial charge on any atom is -0.493 e. The van der Waals surface area contributed by atoms with Gasteiger partial charge in [0.25, 0.3) is 0 Å². The normalized spacial score (nSPS) is 14.9. The molecule has 0 radical (unpaired) electrons. The molecule has 0 saturated heterocycles. The number of ether oxygens (including phenoxy) is 1. The molecule has 0 spiro atoms. The van der Waals surface area contributed by atoms with Crippen molar-refractivity contribution in [1.29, 1.82) is 0 Å². The topological polar surface area (TPSA) is 21.3 Å². The van der Waals surface area contributed by atoms with E-state index < -0.39 is 0 Å². The lowest BCUT2D eigenvalue weighted by atomic mass is 10.2. The number of halogens is 1. The number of hydrogen-bond donors (Lipinski definition) is 1. The van der Waals surface area contributed by atoms with Crippen LogP contribution in [0, 0.1) is 11.7 Å². The first kappa shape index (κ1) is 12.4. The lowest BCUT2D eigenvalue weighted by molar-refractivity contribution is 0.298. The van der Waals surface area contributed by atoms with Crippen LogP contribution in [-0.2, 0) is 6.54 Å². The predicted molar refractivity (Wildman–Crippen MR) is 66.6 cm³/mol. The highest BCUT2D eigenvalue weighted by Gasteiger charge is 2.21. The third-order valence-electron chi connectivity index (χ3n) is 2.87. The zero-order chi connectivity index (χ0) is 12.1. The fourth-order valence-corrected chi connectivity index (χ4v) is 1.71. The second-order valence-electron chi connectivity index (χ2n) is 4.73. The summed E-state index contributed by atoms with van der Waals surface area (Å²) in [6.07, 6.45) is 3.58. The molecular formula is C14H20FNO. The molecule has 0 aromatic heterocycles. The summed E-state index contributed by atoms with van der Waals surface area (Å²) in [6.45, 7) is 4.49. The first-order chi connectivity index (χ1) is 8.28. The molecule has 2 rings (SSSR count). The molecule has 0 atom stereocenters. The quantitative estimate of drug-likeness (QED) is 0.736. The van der Waals surface area contributed by atoms with E-state index in [0.29, 0.717) is 18.2 Å². The first-order valence-electron chi connectivity index (χ1n) is 6.41. The second-order valence-corrected chi connectivity index (χ2v) is 4.73. The van der Waals surface area contributed by atoms with Crippen molar-refractivity contribution in [2.45, 2.75) is 32.7 Å². The number of benzene rings is 1. The fraction of sp³-hybridized carbons (Fsp3) is 0.571. The van der Waals surface area contributed by atoms with Crippen molar-refractivity contribution in [3.63, 3.8) is 0 Å². The van der Waals surface area contributed by atoms with Crippen LogP contribution in [0.5, 0.6) is 5.75 Å². The second kappa shape index (κ2) is 6.01. The van der Waals surface area contributed by atoms with Crippen molar-refractivity contribution < 1.29 is 9.13 Å². The van der Waals surface area contributed by atoms with Crippen LogP contribution < -0.4 is 10.1 Å². The van der Waals surface area contributed by atoms with Gasteiger partial charge in [0.1, 0.15) is 11.6 Å². The zero-order valence-electron chi connectivity index (χ0n) is 10.3. The zero-order valence-corrected chi connectivity index (χ0v) is 10.3. The molecule has 1 aliphatic carbocycles. The molecule has 0 unspecified atom stereocenters. The van der Waals surface area contributed by atoms with Crippen LogP contribution >= 0.6 is 0 Å². The Morgan fingerprint density at radius 2 is 2.18 bits per heavy atom. The maximum absolute atomic E-state index is 13.4. The summed E-state index contributed by atoms with van der Waals surface area (Å²) in [5.41, 5.74) is 0.948. The monoisotopic (exact) mass is 237 g/mol. The first-order valence-corrected chi connectivity index (χ1v) is 6.41. The molecule has 3 heteroatoms. The molecule has 1 aromatic rings. The van der Waals surface area contributed by atoms with Crippen LogP contribution in [0.25, 0.3) is 0 Å². The van der Waals surface area contributed by atoms with Crippen LogP contribution in [0.4, 0.5) is 4.39 Å². The van der Waals surface area contributed by atoms with Crippen LogP contribution in [0.2, 0.25) is 0 Å². The summed E-state index contributed by atoms with van der Waals surface area (Å²) < 4.78 is 19.0. The molecule has 0 heterocycles. The molecule has 1 N–H and O–H groups in total. The van der Waals surface area contributed by atoms with Gasteiger partial charge < -0.3 is 10.1 Å². The van der Waals surface area contributed by atoms with Gasteiger partial charge in [-0.15, -0.1) is 0 Å². The van der Waals surface area contributed by atoms with E-state index in [-0.39, 0.29) is 5.82 Å². The van der Waals surface area contributed by atoms with Gasteiger partial charge in [0.15, 0.2) is 0 Å². The Morgan fingerprint density at radius 1 is 1.35 bits per heavy atom. The van der Waals surface area contributed by atoms with Gasteiger partial charge in [-0.1, -0.05) is 6.92 Å². The summed E-state index contributed by atoms with van der Waals surface area (Å²) >= 11 is 0. The van der Waals surface area contributed by atoms with E-state index in [1.54, 1.807) is 6.07 Å². The van der Waals surface area contributed by atoms with Gasteiger partial charge in [0.05, 0.1) is 6.61 Å². The van der Waals surface area contributed by atoms with E-state index in [1.165, 1.54) is 18.9 Å². The molecule has 2 nitrogen and oxygen atoms in total. The number of nitrogens with one attached hydrogen (secondary N) is 1. The fourth-order valence-electron chi connectivity index (χ4n) is 1.71. The van der Waals surface area contributed by atoms with Gasteiger partial charge in [-0.2, -0.15) is 0 Å². The van der Waals surface area contributed by atoms with Crippen molar-refractivity contribution in [3.8, 4) is 5.75 Å². The summed E-state index contributed by atoms with van der Waals surface area (Å²) in [4.78, 5) is 0. The smallest absolute Gasteiger partial charge is 0.127 e. The Bertz CT molecular complexity index is 363. The average Bonchev–Trinajstić information content (AvgIpc) is 3.10. The van der Waals surface area contributed by atoms with E-state index >= 15 is 0 Å². The van der Waals surface area contributed by atoms with E-state index in [9.17, 15) is 4.39 Å². The van der Waals surface area contributed by atoms with Gasteiger partial charge in [-0.25, -0.2) is 4.39 Å². The molecule has 1 aromatic carbocycles. The predicted octanol–water partition coefficient (Wildman–Crippen LogP) is 3.11. The molecule has 0 amide bonds. The van der Waals surface area contributed by atoms with E-state index in [2.05, 4.69) is 12.2 Å². The lowest BCUT2D eigenvalue weighted by Gasteiger charge is -2.09. The van der Waals surface area contributed by atoms with E-state index in [0.717, 1.165) is 25.1 Å². The highest BCUT2D eigenvalue weighted by atomic mass is 19.1. The largest absolute Gasteiger partial charge is 0.493 e. The minimum atomic E-state index is -0.216. The van der Waals surface area contributed by atoms with Gasteiger partial charge in [-0.05, 0) is 49.4 Å². The standard InChI is InChI=1S/C14H20FNO/c1-2-5-16-9-12-6-13(15)8-14(7-12)17-10-11-3-4-11/h6-8,11,16H,2-5,9-10H2,1H3. The minimum absolute atomic E-state index is 0.216. The van der Waals surface area contributed by atoms with Crippen molar-refractivity contribution in [2.75, 3.05) is 13.2 Å². The Labute approximate surface area is 102 Å². The van der Waals surface area contributed by atoms with Gasteiger partial charge in [-0.3, -0.25) is 0 Å². The van der Waals surface area contributed by atoms with Crippen LogP contribution in [0.3, 0.4) is 0 Å². The SMILES string of the molecule is CCCNCc1cc(F)cc(OCC2CC2)c1. The molecule has 0 bridgehead atoms. The van der Waals surface area contributed by atoms with Crippen molar-refractivity contribution in [3.05, 3.63) is 29.6 Å². The molecule has 17 heavy (non-hydrogen) atoms. The van der Waals surface area contributed by atoms with Crippen LogP contribution in [-0.4, -0.2) is 13.2 Å². The summed E-state index contributed by atoms with van der Waals surface area (Å²) in [6, 6.07) is 4.95. The molecule has 1 aliphatic rings. The maximum atomic E-state index is 13.4. The third-order valence-corrected chi connectivity index (χ3v) is 2.87. The highest BCUT2D eigenvalue weighted by Crippen LogP contribution is 2.29. The number of hydrogen-bond acceptors (Lipinski definition) is 2. The summed E-state index contributed by atoms with van der Waals surface area (Å²) in [7, 11) is 0. The summed E-state index contributed by atoms with van der Waals surface area (Å²) in [5.74, 6) is 1.14. The number of rotatable bonds is 7. The third kappa shape index (κ3) is 4.35. The Morgan fingerprint density at radius 3 is 2.88 bits per heavy atom. The van der Waals surface area contributed by atoms with Gasteiger partial charge in [0.2, 0.25) is 0 Å². The molecule has 0 aliphatic heterocycles. The van der Waals surface area contributed by atoms with Gasteiger partial charge in [0, 0.05) is 12.6 Å². The molecule has 1 saturated carbocycles. The average molecular weight is 237 g/mol. The van der Waals surface area contributed by atoms with Crippen molar-refractivity contribution >= 4 is 0 Å². The molecule has 1 fully saturated rings. The molecular weight excluding hydrogens is 217 g/mol. The van der Waals surface area contributed by atoms with Crippen molar-refractivity contribution in [1.82, 2.24) is 5.32 Å². The van der Waals surface area contributed by atoms with Crippen molar-refractivity contribution in [2.24, 2.45) is 5.92 Å². The lowest BCUT2D eigenvalue weighted by Crippen LogP contribution is -2.14. The Kier molecular flexibility index (Phi) is 4.37. The van der Waals surface area contributed by atoms with Gasteiger partial charge >= 0.3 is 0 Å². The summed E-state index contributed by atoms with van der Waals surface area (Å²) in [5, 5.41) is 3.26. The van der Waals surface area contributed by atoms with E-state index in [1.807, 2.05) is 6.07 Å². The maximum Gasteiger partial charge on any atom is 0.127 e. The highest BCUT2D eigenvalue weighted by molar-refractivity contribution is 5.29. The Hall–Kier alpha value is -1.09. The van der Waals surface area contributed by atoms with Crippen LogP contribution in [0.15, 0.2) is 18.2 Å². The molecule has 94 valence electrons. The Balaban J connectivity index is 1.90.